The number of ether oxygens (including phenoxy) is 2. The van der Waals surface area contributed by atoms with E-state index >= 15 is 0 Å². The van der Waals surface area contributed by atoms with Crippen molar-refractivity contribution in [2.45, 2.75) is 182 Å². The molecule has 3 atom stereocenters. The van der Waals surface area contributed by atoms with Gasteiger partial charge in [-0.2, -0.15) is 0 Å². The van der Waals surface area contributed by atoms with Gasteiger partial charge in [-0.15, -0.1) is 0 Å². The molecule has 1 saturated heterocycles. The lowest BCUT2D eigenvalue weighted by molar-refractivity contribution is -0.190. The molecule has 1 heterocycles. The maximum absolute atomic E-state index is 13.7. The predicted molar refractivity (Wildman–Crippen MR) is 211 cm³/mol. The van der Waals surface area contributed by atoms with Crippen molar-refractivity contribution in [3.05, 3.63) is 70.8 Å². The average molecular weight is 722 g/mol. The number of esters is 2. The monoisotopic (exact) mass is 722 g/mol. The number of carbonyl (C=O) groups is 2. The first kappa shape index (κ1) is 43.7. The molecule has 3 rings (SSSR count). The second-order valence-electron chi connectivity index (χ2n) is 20.8. The van der Waals surface area contributed by atoms with E-state index in [4.69, 9.17) is 9.47 Å². The van der Waals surface area contributed by atoms with Crippen molar-refractivity contribution in [1.82, 2.24) is 4.90 Å². The third-order valence-corrected chi connectivity index (χ3v) is 11.2. The lowest BCUT2D eigenvalue weighted by atomic mass is 9.69. The molecule has 2 aromatic rings. The molecule has 1 fully saturated rings. The van der Waals surface area contributed by atoms with Gasteiger partial charge in [0.2, 0.25) is 6.29 Å². The van der Waals surface area contributed by atoms with E-state index < -0.39 is 46.4 Å². The highest BCUT2D eigenvalue weighted by atomic mass is 16.6. The van der Waals surface area contributed by atoms with Gasteiger partial charge in [-0.1, -0.05) is 132 Å². The van der Waals surface area contributed by atoms with Crippen molar-refractivity contribution in [3.63, 3.8) is 0 Å². The third kappa shape index (κ3) is 10.7. The van der Waals surface area contributed by atoms with E-state index in [9.17, 15) is 19.8 Å². The summed E-state index contributed by atoms with van der Waals surface area (Å²) in [5.74, 6) is -0.974. The summed E-state index contributed by atoms with van der Waals surface area (Å²) in [6.07, 6.45) is -0.692. The number of aliphatic hydroxyl groups is 2. The van der Waals surface area contributed by atoms with Gasteiger partial charge in [0.05, 0.1) is 19.4 Å². The molecule has 1 aliphatic heterocycles. The molecular weight excluding hydrogens is 650 g/mol. The molecule has 1 aliphatic rings. The largest absolute Gasteiger partial charge is 0.462 e. The van der Waals surface area contributed by atoms with E-state index in [1.165, 1.54) is 5.56 Å². The van der Waals surface area contributed by atoms with Gasteiger partial charge in [0.15, 0.2) is 0 Å². The molecule has 0 aromatic heterocycles. The zero-order chi connectivity index (χ0) is 39.9. The van der Waals surface area contributed by atoms with Gasteiger partial charge in [0.25, 0.3) is 0 Å². The highest BCUT2D eigenvalue weighted by molar-refractivity contribution is 5.72. The number of aliphatic hydroxyl groups excluding tert-OH is 1. The van der Waals surface area contributed by atoms with Crippen LogP contribution in [0.5, 0.6) is 0 Å². The topological polar surface area (TPSA) is 96.3 Å². The molecule has 3 unspecified atom stereocenters. The standard InChI is InChI=1S/C45H71NO6/c1-39(2,3)31-20-17-19-30(23-31)35(41(7,8)9)25-36(47)52-38(49)29-46-43(13,14)26-34(27-44(46,15)16)51-37(48)28-45(50,42(10,11)12)33-22-18-21-32(24-33)40(4,5)6/h17-24,34-35,38,49-50H,25-29H2,1-16H3. The Hall–Kier alpha value is -2.74. The van der Waals surface area contributed by atoms with Gasteiger partial charge < -0.3 is 19.7 Å². The number of rotatable bonds is 10. The maximum atomic E-state index is 13.7. The molecule has 0 spiro atoms. The average Bonchev–Trinajstić information content (AvgIpc) is 2.95. The van der Waals surface area contributed by atoms with Gasteiger partial charge >= 0.3 is 11.9 Å². The van der Waals surface area contributed by atoms with Crippen LogP contribution < -0.4 is 0 Å². The Morgan fingerprint density at radius 1 is 0.769 bits per heavy atom. The van der Waals surface area contributed by atoms with Gasteiger partial charge in [-0.25, -0.2) is 0 Å². The van der Waals surface area contributed by atoms with E-state index in [0.717, 1.165) is 11.1 Å². The van der Waals surface area contributed by atoms with Crippen LogP contribution in [-0.2, 0) is 35.5 Å². The Kier molecular flexibility index (Phi) is 12.7. The lowest BCUT2D eigenvalue weighted by Gasteiger charge is -2.55. The normalized spacial score (nSPS) is 19.7. The van der Waals surface area contributed by atoms with Crippen LogP contribution in [0.2, 0.25) is 0 Å². The van der Waals surface area contributed by atoms with E-state index in [1.54, 1.807) is 0 Å². The number of hydrogen-bond donors (Lipinski definition) is 2. The van der Waals surface area contributed by atoms with Crippen molar-refractivity contribution in [3.8, 4) is 0 Å². The second kappa shape index (κ2) is 15.2. The first-order chi connectivity index (χ1) is 23.4. The van der Waals surface area contributed by atoms with Crippen molar-refractivity contribution >= 4 is 11.9 Å². The van der Waals surface area contributed by atoms with Crippen LogP contribution in [0.4, 0.5) is 0 Å². The summed E-state index contributed by atoms with van der Waals surface area (Å²) in [5, 5.41) is 23.3. The minimum absolute atomic E-state index is 0.0188. The summed E-state index contributed by atoms with van der Waals surface area (Å²) in [6.45, 7) is 33.5. The zero-order valence-corrected chi connectivity index (χ0v) is 35.4. The van der Waals surface area contributed by atoms with Crippen LogP contribution in [0.25, 0.3) is 0 Å². The fourth-order valence-corrected chi connectivity index (χ4v) is 7.99. The third-order valence-electron chi connectivity index (χ3n) is 11.2. The van der Waals surface area contributed by atoms with Gasteiger partial charge in [-0.05, 0) is 77.5 Å². The number of piperidine rings is 1. The molecule has 0 bridgehead atoms. The Morgan fingerprint density at radius 2 is 1.25 bits per heavy atom. The Balaban J connectivity index is 1.71. The molecule has 0 saturated carbocycles. The summed E-state index contributed by atoms with van der Waals surface area (Å²) in [7, 11) is 0. The SMILES string of the molecule is CC(C)(C)c1cccc(C(CC(=O)OC(O)CN2C(C)(C)CC(OC(=O)CC(O)(c3cccc(C(C)(C)C)c3)C(C)(C)C)CC2(C)C)C(C)(C)C)c1. The molecule has 0 radical (unpaired) electrons. The van der Waals surface area contributed by atoms with E-state index in [0.29, 0.717) is 18.4 Å². The minimum Gasteiger partial charge on any atom is -0.462 e. The Labute approximate surface area is 315 Å². The van der Waals surface area contributed by atoms with Crippen molar-refractivity contribution in [1.29, 1.82) is 0 Å². The Morgan fingerprint density at radius 3 is 1.73 bits per heavy atom. The number of β-amino-alcohol motifs (C(OH)–C–C–N with tert-alkyl or cyclic N) is 1. The number of carbonyl (C=O) groups excluding carboxylic acids is 2. The first-order valence-corrected chi connectivity index (χ1v) is 19.2. The minimum atomic E-state index is -1.44. The zero-order valence-electron chi connectivity index (χ0n) is 35.4. The smallest absolute Gasteiger partial charge is 0.309 e. The molecule has 52 heavy (non-hydrogen) atoms. The van der Waals surface area contributed by atoms with Crippen LogP contribution in [0, 0.1) is 10.8 Å². The molecule has 2 aromatic carbocycles. The number of nitrogens with zero attached hydrogens (tertiary/aromatic N) is 1. The van der Waals surface area contributed by atoms with Gasteiger partial charge in [-0.3, -0.25) is 14.5 Å². The Bertz CT molecular complexity index is 1530. The van der Waals surface area contributed by atoms with Crippen LogP contribution in [-0.4, -0.2) is 57.1 Å². The van der Waals surface area contributed by atoms with E-state index in [1.807, 2.05) is 39.0 Å². The van der Waals surface area contributed by atoms with Crippen molar-refractivity contribution in [2.75, 3.05) is 6.54 Å². The van der Waals surface area contributed by atoms with Crippen molar-refractivity contribution < 1.29 is 29.3 Å². The van der Waals surface area contributed by atoms with Gasteiger partial charge in [0.1, 0.15) is 11.7 Å². The molecule has 7 nitrogen and oxygen atoms in total. The maximum Gasteiger partial charge on any atom is 0.309 e. The predicted octanol–water partition coefficient (Wildman–Crippen LogP) is 9.55. The van der Waals surface area contributed by atoms with E-state index in [-0.39, 0.29) is 41.5 Å². The summed E-state index contributed by atoms with van der Waals surface area (Å²) in [4.78, 5) is 29.2. The van der Waals surface area contributed by atoms with Gasteiger partial charge in [0, 0.05) is 23.9 Å². The molecule has 7 heteroatoms. The molecule has 0 aliphatic carbocycles. The number of benzene rings is 2. The van der Waals surface area contributed by atoms with Crippen LogP contribution >= 0.6 is 0 Å². The molecule has 0 amide bonds. The van der Waals surface area contributed by atoms with E-state index in [2.05, 4.69) is 125 Å². The molecule has 2 N–H and O–H groups in total. The first-order valence-electron chi connectivity index (χ1n) is 19.2. The number of likely N-dealkylation sites (tertiary alicyclic amines) is 1. The second-order valence-corrected chi connectivity index (χ2v) is 20.8. The summed E-state index contributed by atoms with van der Waals surface area (Å²) in [5.41, 5.74) is 0.684. The molecule has 292 valence electrons. The van der Waals surface area contributed by atoms with Crippen LogP contribution in [0.3, 0.4) is 0 Å². The highest BCUT2D eigenvalue weighted by Gasteiger charge is 2.49. The van der Waals surface area contributed by atoms with Crippen LogP contribution in [0.15, 0.2) is 48.5 Å². The van der Waals surface area contributed by atoms with Crippen LogP contribution in [0.1, 0.15) is 165 Å². The fourth-order valence-electron chi connectivity index (χ4n) is 7.99. The summed E-state index contributed by atoms with van der Waals surface area (Å²) < 4.78 is 11.9. The quantitative estimate of drug-likeness (QED) is 0.186. The summed E-state index contributed by atoms with van der Waals surface area (Å²) in [6, 6.07) is 16.3. The lowest BCUT2D eigenvalue weighted by Crippen LogP contribution is -2.64. The number of hydrogen-bond acceptors (Lipinski definition) is 7. The van der Waals surface area contributed by atoms with Crippen molar-refractivity contribution in [2.24, 2.45) is 10.8 Å². The highest BCUT2D eigenvalue weighted by Crippen LogP contribution is 2.45. The molecular formula is C45H71NO6. The fraction of sp³-hybridized carbons (Fsp3) is 0.689. The summed E-state index contributed by atoms with van der Waals surface area (Å²) >= 11 is 0.